The molecule has 7 amide bonds. The normalized spacial score (nSPS) is 24.7. The van der Waals surface area contributed by atoms with Gasteiger partial charge >= 0.3 is 30.2 Å². The van der Waals surface area contributed by atoms with Gasteiger partial charge in [-0.2, -0.15) is 10.1 Å². The first kappa shape index (κ1) is 62.6. The van der Waals surface area contributed by atoms with Gasteiger partial charge < -0.3 is 39.0 Å². The number of hydroxylamine groups is 5. The molecular formula is C53H86N8O13. The standard InChI is InChI=1S/C25H36N4O6.C14H16N2O4.C11H22N2O3.3CH4/c1-25(2,3)34-24(32)27(4)18-10-12-20(14-18)35-26-22(30)21-13-11-19-15-28(21)23(31)29(19)33-16-17-8-6-5-7-9-17;17-13(18)12-7-6-11-8-15(12)14(19)16(11)20-9-10-4-2-1-3-5-10;1-11(2,3)15-10(14)13(4)8-5-6-9(7-8)16-12;;;/h5-9,18-21H,10-16H2,1-4H3,(H,26,30);1-5,11-12H,6-9H2,(H,17,18);8-9H,5-7,12H2,1-4H3;3*1H4/t18?,19-,20?,21+;11-,12+;;;;/m11..../s1. The molecule has 4 unspecified atom stereocenters. The van der Waals surface area contributed by atoms with Crippen LogP contribution in [-0.4, -0.2) is 158 Å². The second-order valence-electron chi connectivity index (χ2n) is 21.0. The molecule has 4 aliphatic heterocycles. The molecule has 416 valence electrons. The van der Waals surface area contributed by atoms with Gasteiger partial charge in [-0.3, -0.25) is 19.3 Å². The predicted molar refractivity (Wildman–Crippen MR) is 277 cm³/mol. The number of nitrogens with zero attached hydrogens (tertiary/aromatic N) is 6. The number of nitrogens with one attached hydrogen (secondary N) is 1. The van der Waals surface area contributed by atoms with Gasteiger partial charge in [-0.25, -0.2) is 35.3 Å². The molecule has 6 aliphatic rings. The number of carboxylic acid groups (broad SMARTS) is 1. The number of fused-ring (bicyclic) bond motifs is 4. The Morgan fingerprint density at radius 3 is 1.43 bits per heavy atom. The highest BCUT2D eigenvalue weighted by atomic mass is 16.7. The van der Waals surface area contributed by atoms with Crippen molar-refractivity contribution in [3.63, 3.8) is 0 Å². The Kier molecular flexibility index (Phi) is 23.4. The smallest absolute Gasteiger partial charge is 0.410 e. The molecule has 8 rings (SSSR count). The number of rotatable bonds is 13. The Labute approximate surface area is 438 Å². The van der Waals surface area contributed by atoms with E-state index in [1.165, 1.54) is 15.0 Å². The molecule has 4 heterocycles. The monoisotopic (exact) mass is 1040 g/mol. The molecule has 21 heteroatoms. The average molecular weight is 1040 g/mol. The predicted octanol–water partition coefficient (Wildman–Crippen LogP) is 8.27. The lowest BCUT2D eigenvalue weighted by molar-refractivity contribution is -0.144. The SMILES string of the molecule is C.C.C.CN(C(=O)OC(C)(C)C)C1CCC(ON)C1.CN(C(=O)OC(C)(C)C)C1CCC(ONC(=O)[C@@H]2CC[C@@H]3CN2C(=O)N3OCc2ccccc2)C1.O=C(O)[C@@H]1CC[C@@H]2CN1C(=O)N2OCc1ccccc1. The average Bonchev–Trinajstić information content (AvgIpc) is 4.12. The number of aliphatic carboxylic acids is 1. The first-order chi connectivity index (χ1) is 33.6. The fourth-order valence-corrected chi connectivity index (χ4v) is 9.51. The molecule has 2 saturated carbocycles. The van der Waals surface area contributed by atoms with E-state index in [9.17, 15) is 28.8 Å². The first-order valence-electron chi connectivity index (χ1n) is 24.6. The number of carbonyl (C=O) groups is 6. The van der Waals surface area contributed by atoms with Crippen molar-refractivity contribution < 1.29 is 62.7 Å². The number of hydrogen-bond donors (Lipinski definition) is 3. The summed E-state index contributed by atoms with van der Waals surface area (Å²) in [6.07, 6.45) is 6.27. The lowest BCUT2D eigenvalue weighted by atomic mass is 10.0. The van der Waals surface area contributed by atoms with Crippen LogP contribution in [0.25, 0.3) is 0 Å². The topological polar surface area (TPSA) is 236 Å². The van der Waals surface area contributed by atoms with Crippen LogP contribution in [0.4, 0.5) is 19.2 Å². The van der Waals surface area contributed by atoms with Crippen molar-refractivity contribution in [3.05, 3.63) is 71.8 Å². The number of amides is 7. The first-order valence-corrected chi connectivity index (χ1v) is 24.6. The van der Waals surface area contributed by atoms with E-state index in [0.717, 1.165) is 36.8 Å². The molecule has 8 atom stereocenters. The van der Waals surface area contributed by atoms with E-state index in [-0.39, 0.29) is 88.8 Å². The van der Waals surface area contributed by atoms with Crippen molar-refractivity contribution >= 4 is 36.1 Å². The van der Waals surface area contributed by atoms with E-state index in [0.29, 0.717) is 64.8 Å². The third-order valence-corrected chi connectivity index (χ3v) is 13.4. The lowest BCUT2D eigenvalue weighted by Gasteiger charge is -2.29. The van der Waals surface area contributed by atoms with Gasteiger partial charge in [0.25, 0.3) is 5.91 Å². The van der Waals surface area contributed by atoms with Crippen molar-refractivity contribution in [2.45, 2.75) is 201 Å². The summed E-state index contributed by atoms with van der Waals surface area (Å²) in [5.41, 5.74) is 3.52. The minimum Gasteiger partial charge on any atom is -0.480 e. The highest BCUT2D eigenvalue weighted by molar-refractivity contribution is 5.88. The van der Waals surface area contributed by atoms with E-state index < -0.39 is 29.3 Å². The summed E-state index contributed by atoms with van der Waals surface area (Å²) in [4.78, 5) is 101. The Balaban J connectivity index is 0.000000315. The molecule has 0 spiro atoms. The largest absolute Gasteiger partial charge is 0.480 e. The zero-order valence-electron chi connectivity index (χ0n) is 42.4. The van der Waals surface area contributed by atoms with Crippen LogP contribution in [0.1, 0.15) is 139 Å². The maximum Gasteiger partial charge on any atom is 0.410 e. The summed E-state index contributed by atoms with van der Waals surface area (Å²) in [5.74, 6) is 3.87. The third kappa shape index (κ3) is 16.9. The Morgan fingerprint density at radius 2 is 1.03 bits per heavy atom. The fraction of sp³-hybridized carbons (Fsp3) is 0.660. The van der Waals surface area contributed by atoms with E-state index in [4.69, 9.17) is 39.8 Å². The number of hydrogen-bond acceptors (Lipinski definition) is 13. The molecule has 2 aromatic carbocycles. The number of ether oxygens (including phenoxy) is 2. The minimum atomic E-state index is -0.943. The molecule has 2 aromatic rings. The van der Waals surface area contributed by atoms with Crippen molar-refractivity contribution in [1.82, 2.24) is 35.2 Å². The molecule has 6 fully saturated rings. The van der Waals surface area contributed by atoms with Crippen LogP contribution >= 0.6 is 0 Å². The van der Waals surface area contributed by atoms with Crippen LogP contribution in [0.15, 0.2) is 60.7 Å². The Hall–Kier alpha value is -5.74. The van der Waals surface area contributed by atoms with Gasteiger partial charge in [0.15, 0.2) is 0 Å². The Bertz CT molecular complexity index is 2130. The number of urea groups is 2. The highest BCUT2D eigenvalue weighted by Gasteiger charge is 2.49. The van der Waals surface area contributed by atoms with Gasteiger partial charge in [0, 0.05) is 39.3 Å². The molecule has 74 heavy (non-hydrogen) atoms. The summed E-state index contributed by atoms with van der Waals surface area (Å²) in [6.45, 7) is 12.6. The molecule has 4 bridgehead atoms. The molecule has 21 nitrogen and oxygen atoms in total. The molecular weight excluding hydrogens is 957 g/mol. The number of carbonyl (C=O) groups excluding carboxylic acids is 5. The van der Waals surface area contributed by atoms with Crippen molar-refractivity contribution in [3.8, 4) is 0 Å². The van der Waals surface area contributed by atoms with Crippen LogP contribution in [0.3, 0.4) is 0 Å². The molecule has 4 saturated heterocycles. The number of piperidine rings is 2. The van der Waals surface area contributed by atoms with Gasteiger partial charge in [-0.15, -0.1) is 0 Å². The molecule has 0 radical (unpaired) electrons. The van der Waals surface area contributed by atoms with Gasteiger partial charge in [-0.1, -0.05) is 82.9 Å². The zero-order chi connectivity index (χ0) is 51.6. The van der Waals surface area contributed by atoms with E-state index in [1.54, 1.807) is 28.8 Å². The van der Waals surface area contributed by atoms with Crippen molar-refractivity contribution in [2.75, 3.05) is 27.2 Å². The van der Waals surface area contributed by atoms with Gasteiger partial charge in [0.2, 0.25) is 0 Å². The van der Waals surface area contributed by atoms with Crippen molar-refractivity contribution in [2.24, 2.45) is 5.90 Å². The maximum atomic E-state index is 12.9. The fourth-order valence-electron chi connectivity index (χ4n) is 9.51. The molecule has 0 aromatic heterocycles. The summed E-state index contributed by atoms with van der Waals surface area (Å²) in [5, 5.41) is 11.9. The van der Waals surface area contributed by atoms with E-state index >= 15 is 0 Å². The molecule has 4 N–H and O–H groups in total. The van der Waals surface area contributed by atoms with Crippen molar-refractivity contribution in [1.29, 1.82) is 0 Å². The lowest BCUT2D eigenvalue weighted by Crippen LogP contribution is -2.50. The second kappa shape index (κ2) is 27.7. The second-order valence-corrected chi connectivity index (χ2v) is 21.0. The van der Waals surface area contributed by atoms with Crippen LogP contribution in [-0.2, 0) is 51.6 Å². The number of carboxylic acids is 1. The maximum absolute atomic E-state index is 12.9. The van der Waals surface area contributed by atoms with Crippen LogP contribution in [0.5, 0.6) is 0 Å². The number of benzene rings is 2. The van der Waals surface area contributed by atoms with Crippen LogP contribution in [0, 0.1) is 0 Å². The van der Waals surface area contributed by atoms with Crippen LogP contribution in [0.2, 0.25) is 0 Å². The summed E-state index contributed by atoms with van der Waals surface area (Å²) in [7, 11) is 3.49. The molecule has 2 aliphatic carbocycles. The van der Waals surface area contributed by atoms with Crippen LogP contribution < -0.4 is 11.4 Å². The Morgan fingerprint density at radius 1 is 0.622 bits per heavy atom. The van der Waals surface area contributed by atoms with Gasteiger partial charge in [-0.05, 0) is 117 Å². The summed E-state index contributed by atoms with van der Waals surface area (Å²) in [6, 6.07) is 17.4. The highest BCUT2D eigenvalue weighted by Crippen LogP contribution is 2.33. The quantitative estimate of drug-likeness (QED) is 0.160. The number of nitrogens with two attached hydrogens (primary N) is 1. The zero-order valence-corrected chi connectivity index (χ0v) is 42.4. The van der Waals surface area contributed by atoms with Gasteiger partial charge in [0.05, 0.1) is 24.3 Å². The van der Waals surface area contributed by atoms with Gasteiger partial charge in [0.1, 0.15) is 36.5 Å². The third-order valence-electron chi connectivity index (χ3n) is 13.4. The van der Waals surface area contributed by atoms with E-state index in [1.807, 2.05) is 102 Å². The summed E-state index contributed by atoms with van der Waals surface area (Å²) < 4.78 is 10.7. The van der Waals surface area contributed by atoms with E-state index in [2.05, 4.69) is 5.48 Å². The minimum absolute atomic E-state index is 0. The summed E-state index contributed by atoms with van der Waals surface area (Å²) >= 11 is 0.